The number of hydrogen-bond acceptors (Lipinski definition) is 2. The van der Waals surface area contributed by atoms with Gasteiger partial charge in [-0.3, -0.25) is 0 Å². The summed E-state index contributed by atoms with van der Waals surface area (Å²) in [7, 11) is 0. The van der Waals surface area contributed by atoms with E-state index in [0.717, 1.165) is 18.5 Å². The number of aliphatic hydroxyl groups excluding tert-OH is 1. The third-order valence-electron chi connectivity index (χ3n) is 3.48. The van der Waals surface area contributed by atoms with Gasteiger partial charge in [-0.2, -0.15) is 0 Å². The lowest BCUT2D eigenvalue weighted by Gasteiger charge is -2.28. The van der Waals surface area contributed by atoms with Crippen molar-refractivity contribution in [3.8, 4) is 0 Å². The first-order chi connectivity index (χ1) is 8.29. The van der Waals surface area contributed by atoms with Crippen LogP contribution in [0.25, 0.3) is 0 Å². The lowest BCUT2D eigenvalue weighted by molar-refractivity contribution is 0.230. The molecule has 2 N–H and O–H groups in total. The summed E-state index contributed by atoms with van der Waals surface area (Å²) in [4.78, 5) is 0. The summed E-state index contributed by atoms with van der Waals surface area (Å²) in [5.41, 5.74) is 2.36. The summed E-state index contributed by atoms with van der Waals surface area (Å²) < 4.78 is 0. The van der Waals surface area contributed by atoms with Crippen LogP contribution in [0.5, 0.6) is 0 Å². The van der Waals surface area contributed by atoms with Crippen LogP contribution in [-0.4, -0.2) is 17.8 Å². The van der Waals surface area contributed by atoms with E-state index in [-0.39, 0.29) is 12.6 Å². The van der Waals surface area contributed by atoms with Crippen molar-refractivity contribution < 1.29 is 5.11 Å². The average molecular weight is 231 g/mol. The van der Waals surface area contributed by atoms with Crippen LogP contribution in [0.2, 0.25) is 0 Å². The number of anilines is 1. The standard InChI is InChI=1S/C15H21NO/c1-12-7-9-14(10-8-12)16-15(11-17)13-5-3-2-4-6-13/h2-3,7-10,13,15-17H,4-6,11H2,1H3. The van der Waals surface area contributed by atoms with Gasteiger partial charge in [-0.05, 0) is 44.2 Å². The predicted molar refractivity (Wildman–Crippen MR) is 72.2 cm³/mol. The smallest absolute Gasteiger partial charge is 0.0635 e. The number of allylic oxidation sites excluding steroid dienone is 2. The fraction of sp³-hybridized carbons (Fsp3) is 0.467. The van der Waals surface area contributed by atoms with Crippen LogP contribution in [0.1, 0.15) is 24.8 Å². The molecule has 1 aliphatic rings. The molecule has 0 radical (unpaired) electrons. The molecule has 2 nitrogen and oxygen atoms in total. The van der Waals surface area contributed by atoms with Crippen LogP contribution in [-0.2, 0) is 0 Å². The van der Waals surface area contributed by atoms with Crippen molar-refractivity contribution in [1.29, 1.82) is 0 Å². The molecular formula is C15H21NO. The van der Waals surface area contributed by atoms with Crippen LogP contribution in [0, 0.1) is 12.8 Å². The zero-order valence-electron chi connectivity index (χ0n) is 10.4. The van der Waals surface area contributed by atoms with Gasteiger partial charge in [0, 0.05) is 5.69 Å². The molecule has 2 atom stereocenters. The average Bonchev–Trinajstić information content (AvgIpc) is 2.39. The normalized spacial score (nSPS) is 21.2. The summed E-state index contributed by atoms with van der Waals surface area (Å²) in [6.07, 6.45) is 7.84. The molecule has 0 saturated heterocycles. The minimum atomic E-state index is 0.169. The molecule has 2 heteroatoms. The molecule has 1 aromatic rings. The Hall–Kier alpha value is -1.28. The zero-order chi connectivity index (χ0) is 12.1. The van der Waals surface area contributed by atoms with Crippen LogP contribution in [0.4, 0.5) is 5.69 Å². The van der Waals surface area contributed by atoms with E-state index >= 15 is 0 Å². The van der Waals surface area contributed by atoms with E-state index in [4.69, 9.17) is 0 Å². The van der Waals surface area contributed by atoms with Crippen LogP contribution in [0.3, 0.4) is 0 Å². The Labute approximate surface area is 103 Å². The monoisotopic (exact) mass is 231 g/mol. The Bertz CT molecular complexity index is 369. The molecule has 92 valence electrons. The molecule has 1 aromatic carbocycles. The highest BCUT2D eigenvalue weighted by molar-refractivity contribution is 5.45. The lowest BCUT2D eigenvalue weighted by Crippen LogP contribution is -2.33. The number of nitrogens with one attached hydrogen (secondary N) is 1. The quantitative estimate of drug-likeness (QED) is 0.780. The molecule has 0 aromatic heterocycles. The topological polar surface area (TPSA) is 32.3 Å². The van der Waals surface area contributed by atoms with Crippen molar-refractivity contribution in [2.45, 2.75) is 32.2 Å². The van der Waals surface area contributed by atoms with Gasteiger partial charge in [0.2, 0.25) is 0 Å². The van der Waals surface area contributed by atoms with E-state index in [1.54, 1.807) is 0 Å². The van der Waals surface area contributed by atoms with Gasteiger partial charge >= 0.3 is 0 Å². The lowest BCUT2D eigenvalue weighted by atomic mass is 9.88. The van der Waals surface area contributed by atoms with E-state index in [0.29, 0.717) is 5.92 Å². The van der Waals surface area contributed by atoms with Crippen LogP contribution in [0.15, 0.2) is 36.4 Å². The number of aryl methyl sites for hydroxylation is 1. The molecule has 0 aliphatic heterocycles. The second-order valence-electron chi connectivity index (χ2n) is 4.84. The molecule has 17 heavy (non-hydrogen) atoms. The van der Waals surface area contributed by atoms with Gasteiger partial charge in [-0.25, -0.2) is 0 Å². The van der Waals surface area contributed by atoms with Gasteiger partial charge in [-0.15, -0.1) is 0 Å². The summed E-state index contributed by atoms with van der Waals surface area (Å²) in [6, 6.07) is 8.52. The number of aliphatic hydroxyl groups is 1. The molecule has 0 spiro atoms. The third kappa shape index (κ3) is 3.34. The van der Waals surface area contributed by atoms with E-state index in [9.17, 15) is 5.11 Å². The number of benzene rings is 1. The first-order valence-electron chi connectivity index (χ1n) is 6.38. The summed E-state index contributed by atoms with van der Waals surface area (Å²) in [5, 5.41) is 12.9. The van der Waals surface area contributed by atoms with Crippen molar-refractivity contribution in [2.75, 3.05) is 11.9 Å². The van der Waals surface area contributed by atoms with Gasteiger partial charge in [0.1, 0.15) is 0 Å². The molecule has 2 rings (SSSR count). The van der Waals surface area contributed by atoms with Gasteiger partial charge in [0.05, 0.1) is 12.6 Å². The van der Waals surface area contributed by atoms with Crippen LogP contribution >= 0.6 is 0 Å². The summed E-state index contributed by atoms with van der Waals surface area (Å²) in [5.74, 6) is 0.548. The van der Waals surface area contributed by atoms with Crippen LogP contribution < -0.4 is 5.32 Å². The highest BCUT2D eigenvalue weighted by Crippen LogP contribution is 2.24. The highest BCUT2D eigenvalue weighted by Gasteiger charge is 2.20. The van der Waals surface area contributed by atoms with Crippen molar-refractivity contribution in [2.24, 2.45) is 5.92 Å². The van der Waals surface area contributed by atoms with E-state index in [2.05, 4.69) is 48.7 Å². The molecule has 0 heterocycles. The van der Waals surface area contributed by atoms with E-state index in [1.165, 1.54) is 12.0 Å². The third-order valence-corrected chi connectivity index (χ3v) is 3.48. The Kier molecular flexibility index (Phi) is 4.21. The number of hydrogen-bond donors (Lipinski definition) is 2. The molecular weight excluding hydrogens is 210 g/mol. The largest absolute Gasteiger partial charge is 0.394 e. The second kappa shape index (κ2) is 5.87. The fourth-order valence-corrected chi connectivity index (χ4v) is 2.36. The van der Waals surface area contributed by atoms with E-state index < -0.39 is 0 Å². The maximum atomic E-state index is 9.51. The minimum Gasteiger partial charge on any atom is -0.394 e. The molecule has 1 aliphatic carbocycles. The maximum absolute atomic E-state index is 9.51. The van der Waals surface area contributed by atoms with Crippen molar-refractivity contribution in [3.05, 3.63) is 42.0 Å². The Morgan fingerprint density at radius 2 is 2.06 bits per heavy atom. The first-order valence-corrected chi connectivity index (χ1v) is 6.38. The molecule has 0 saturated carbocycles. The van der Waals surface area contributed by atoms with Crippen molar-refractivity contribution >= 4 is 5.69 Å². The van der Waals surface area contributed by atoms with Crippen molar-refractivity contribution in [3.63, 3.8) is 0 Å². The molecule has 0 fully saturated rings. The second-order valence-corrected chi connectivity index (χ2v) is 4.84. The maximum Gasteiger partial charge on any atom is 0.0635 e. The summed E-state index contributed by atoms with van der Waals surface area (Å²) in [6.45, 7) is 2.28. The highest BCUT2D eigenvalue weighted by atomic mass is 16.3. The SMILES string of the molecule is Cc1ccc(NC(CO)C2CC=CCC2)cc1. The summed E-state index contributed by atoms with van der Waals surface area (Å²) >= 11 is 0. The fourth-order valence-electron chi connectivity index (χ4n) is 2.36. The number of rotatable bonds is 4. The molecule has 2 unspecified atom stereocenters. The first kappa shape index (κ1) is 12.2. The Morgan fingerprint density at radius 3 is 2.65 bits per heavy atom. The Balaban J connectivity index is 1.99. The van der Waals surface area contributed by atoms with E-state index in [1.807, 2.05) is 0 Å². The minimum absolute atomic E-state index is 0.169. The zero-order valence-corrected chi connectivity index (χ0v) is 10.4. The van der Waals surface area contributed by atoms with Gasteiger partial charge in [-0.1, -0.05) is 29.8 Å². The van der Waals surface area contributed by atoms with Crippen molar-refractivity contribution in [1.82, 2.24) is 0 Å². The Morgan fingerprint density at radius 1 is 1.29 bits per heavy atom. The van der Waals surface area contributed by atoms with Gasteiger partial charge in [0.15, 0.2) is 0 Å². The predicted octanol–water partition coefficient (Wildman–Crippen LogP) is 3.12. The van der Waals surface area contributed by atoms with Gasteiger partial charge < -0.3 is 10.4 Å². The molecule has 0 amide bonds. The molecule has 0 bridgehead atoms. The van der Waals surface area contributed by atoms with Gasteiger partial charge in [0.25, 0.3) is 0 Å².